The molecule has 1 heterocycles. The molecule has 0 saturated carbocycles. The largest absolute Gasteiger partial charge is 0.327 e. The standard InChI is InChI=1S/C17H28N2/c1-2-6-16-11-12-19(13-16)14-17(18)10-9-15-7-4-3-5-8-15/h3-5,7-8,16-17H,2,6,9-14,18H2,1H3. The fourth-order valence-electron chi connectivity index (χ4n) is 3.14. The molecule has 2 rings (SSSR count). The Morgan fingerprint density at radius 2 is 2.11 bits per heavy atom. The zero-order valence-corrected chi connectivity index (χ0v) is 12.2. The van der Waals surface area contributed by atoms with Crippen molar-refractivity contribution in [3.63, 3.8) is 0 Å². The lowest BCUT2D eigenvalue weighted by Gasteiger charge is -2.21. The summed E-state index contributed by atoms with van der Waals surface area (Å²) in [5, 5.41) is 0. The van der Waals surface area contributed by atoms with Gasteiger partial charge in [0, 0.05) is 19.1 Å². The Morgan fingerprint density at radius 1 is 1.32 bits per heavy atom. The highest BCUT2D eigenvalue weighted by molar-refractivity contribution is 5.14. The molecule has 2 heteroatoms. The van der Waals surface area contributed by atoms with E-state index in [2.05, 4.69) is 42.2 Å². The van der Waals surface area contributed by atoms with E-state index in [9.17, 15) is 0 Å². The highest BCUT2D eigenvalue weighted by Gasteiger charge is 2.22. The first-order valence-electron chi connectivity index (χ1n) is 7.79. The van der Waals surface area contributed by atoms with Crippen molar-refractivity contribution in [3.05, 3.63) is 35.9 Å². The molecule has 0 aliphatic carbocycles. The molecule has 0 spiro atoms. The summed E-state index contributed by atoms with van der Waals surface area (Å²) in [6.07, 6.45) is 6.28. The third-order valence-electron chi connectivity index (χ3n) is 4.21. The predicted molar refractivity (Wildman–Crippen MR) is 82.2 cm³/mol. The molecule has 0 bridgehead atoms. The molecule has 2 unspecified atom stereocenters. The number of rotatable bonds is 7. The normalized spacial score (nSPS) is 21.7. The van der Waals surface area contributed by atoms with Crippen LogP contribution in [0.5, 0.6) is 0 Å². The third-order valence-corrected chi connectivity index (χ3v) is 4.21. The van der Waals surface area contributed by atoms with Gasteiger partial charge < -0.3 is 10.6 Å². The van der Waals surface area contributed by atoms with Gasteiger partial charge in [-0.2, -0.15) is 0 Å². The van der Waals surface area contributed by atoms with Crippen molar-refractivity contribution in [3.8, 4) is 0 Å². The Hall–Kier alpha value is -0.860. The van der Waals surface area contributed by atoms with Gasteiger partial charge >= 0.3 is 0 Å². The Bertz CT molecular complexity index is 350. The molecule has 2 atom stereocenters. The maximum Gasteiger partial charge on any atom is 0.0170 e. The SMILES string of the molecule is CCCC1CCN(CC(N)CCc2ccccc2)C1. The van der Waals surface area contributed by atoms with Gasteiger partial charge in [0.15, 0.2) is 0 Å². The molecule has 2 N–H and O–H groups in total. The van der Waals surface area contributed by atoms with Crippen LogP contribution in [-0.2, 0) is 6.42 Å². The van der Waals surface area contributed by atoms with Crippen molar-refractivity contribution in [2.45, 2.75) is 45.1 Å². The van der Waals surface area contributed by atoms with Crippen molar-refractivity contribution < 1.29 is 0 Å². The highest BCUT2D eigenvalue weighted by atomic mass is 15.2. The molecule has 0 amide bonds. The van der Waals surface area contributed by atoms with Crippen LogP contribution in [0.4, 0.5) is 0 Å². The van der Waals surface area contributed by atoms with Gasteiger partial charge in [0.25, 0.3) is 0 Å². The van der Waals surface area contributed by atoms with Gasteiger partial charge in [-0.3, -0.25) is 0 Å². The maximum atomic E-state index is 6.28. The van der Waals surface area contributed by atoms with Crippen LogP contribution in [0.1, 0.15) is 38.2 Å². The van der Waals surface area contributed by atoms with E-state index < -0.39 is 0 Å². The summed E-state index contributed by atoms with van der Waals surface area (Å²) in [5.74, 6) is 0.923. The molecule has 19 heavy (non-hydrogen) atoms. The van der Waals surface area contributed by atoms with E-state index in [0.29, 0.717) is 6.04 Å². The number of hydrogen-bond acceptors (Lipinski definition) is 2. The Kier molecular flexibility index (Phi) is 5.87. The first-order valence-corrected chi connectivity index (χ1v) is 7.79. The Morgan fingerprint density at radius 3 is 2.84 bits per heavy atom. The molecule has 1 fully saturated rings. The second-order valence-corrected chi connectivity index (χ2v) is 5.99. The summed E-state index contributed by atoms with van der Waals surface area (Å²) in [4.78, 5) is 2.57. The van der Waals surface area contributed by atoms with Crippen molar-refractivity contribution in [1.29, 1.82) is 0 Å². The van der Waals surface area contributed by atoms with Crippen LogP contribution in [0.3, 0.4) is 0 Å². The molecule has 0 radical (unpaired) electrons. The quantitative estimate of drug-likeness (QED) is 0.816. The van der Waals surface area contributed by atoms with E-state index in [1.54, 1.807) is 0 Å². The van der Waals surface area contributed by atoms with Gasteiger partial charge in [0.1, 0.15) is 0 Å². The van der Waals surface area contributed by atoms with Crippen molar-refractivity contribution in [1.82, 2.24) is 4.90 Å². The summed E-state index contributed by atoms with van der Waals surface area (Å²) in [6.45, 7) is 5.89. The smallest absolute Gasteiger partial charge is 0.0170 e. The summed E-state index contributed by atoms with van der Waals surface area (Å²) in [6, 6.07) is 11.0. The van der Waals surface area contributed by atoms with Gasteiger partial charge in [0.05, 0.1) is 0 Å². The molecule has 1 aromatic rings. The number of aryl methyl sites for hydroxylation is 1. The number of likely N-dealkylation sites (tertiary alicyclic amines) is 1. The summed E-state index contributed by atoms with van der Waals surface area (Å²) >= 11 is 0. The molecular weight excluding hydrogens is 232 g/mol. The van der Waals surface area contributed by atoms with E-state index in [0.717, 1.165) is 25.3 Å². The second-order valence-electron chi connectivity index (χ2n) is 5.99. The predicted octanol–water partition coefficient (Wildman–Crippen LogP) is 3.07. The topological polar surface area (TPSA) is 29.3 Å². The van der Waals surface area contributed by atoms with E-state index in [1.165, 1.54) is 37.9 Å². The number of hydrogen-bond donors (Lipinski definition) is 1. The number of nitrogens with zero attached hydrogens (tertiary/aromatic N) is 1. The third kappa shape index (κ3) is 4.96. The summed E-state index contributed by atoms with van der Waals surface area (Å²) < 4.78 is 0. The summed E-state index contributed by atoms with van der Waals surface area (Å²) in [7, 11) is 0. The van der Waals surface area contributed by atoms with E-state index in [1.807, 2.05) is 0 Å². The van der Waals surface area contributed by atoms with E-state index in [4.69, 9.17) is 5.73 Å². The Balaban J connectivity index is 1.66. The van der Waals surface area contributed by atoms with E-state index >= 15 is 0 Å². The average Bonchev–Trinajstić information content (AvgIpc) is 2.85. The number of nitrogens with two attached hydrogens (primary N) is 1. The first kappa shape index (κ1) is 14.5. The van der Waals surface area contributed by atoms with Gasteiger partial charge in [-0.05, 0) is 43.7 Å². The van der Waals surface area contributed by atoms with Crippen LogP contribution in [0.2, 0.25) is 0 Å². The maximum absolute atomic E-state index is 6.28. The lowest BCUT2D eigenvalue weighted by Crippen LogP contribution is -2.36. The van der Waals surface area contributed by atoms with E-state index in [-0.39, 0.29) is 0 Å². The Labute approximate surface area is 118 Å². The minimum atomic E-state index is 0.320. The number of benzene rings is 1. The average molecular weight is 260 g/mol. The van der Waals surface area contributed by atoms with Crippen LogP contribution in [0.15, 0.2) is 30.3 Å². The molecule has 1 aliphatic heterocycles. The van der Waals surface area contributed by atoms with Crippen molar-refractivity contribution in [2.75, 3.05) is 19.6 Å². The van der Waals surface area contributed by atoms with Crippen LogP contribution < -0.4 is 5.73 Å². The molecule has 106 valence electrons. The van der Waals surface area contributed by atoms with Crippen molar-refractivity contribution >= 4 is 0 Å². The van der Waals surface area contributed by atoms with Crippen LogP contribution >= 0.6 is 0 Å². The zero-order chi connectivity index (χ0) is 13.5. The minimum absolute atomic E-state index is 0.320. The molecule has 2 nitrogen and oxygen atoms in total. The molecule has 1 saturated heterocycles. The van der Waals surface area contributed by atoms with Gasteiger partial charge in [0.2, 0.25) is 0 Å². The fourth-order valence-corrected chi connectivity index (χ4v) is 3.14. The lowest BCUT2D eigenvalue weighted by molar-refractivity contribution is 0.293. The van der Waals surface area contributed by atoms with Crippen molar-refractivity contribution in [2.24, 2.45) is 11.7 Å². The zero-order valence-electron chi connectivity index (χ0n) is 12.2. The molecule has 1 aliphatic rings. The second kappa shape index (κ2) is 7.66. The lowest BCUT2D eigenvalue weighted by atomic mass is 10.0. The molecule has 1 aromatic carbocycles. The van der Waals surface area contributed by atoms with Crippen LogP contribution in [0, 0.1) is 5.92 Å². The van der Waals surface area contributed by atoms with Crippen LogP contribution in [0.25, 0.3) is 0 Å². The van der Waals surface area contributed by atoms with Gasteiger partial charge in [-0.15, -0.1) is 0 Å². The summed E-state index contributed by atoms with van der Waals surface area (Å²) in [5.41, 5.74) is 7.68. The first-order chi connectivity index (χ1) is 9.28. The minimum Gasteiger partial charge on any atom is -0.327 e. The fraction of sp³-hybridized carbons (Fsp3) is 0.647. The van der Waals surface area contributed by atoms with Gasteiger partial charge in [-0.1, -0.05) is 43.7 Å². The monoisotopic (exact) mass is 260 g/mol. The van der Waals surface area contributed by atoms with Crippen LogP contribution in [-0.4, -0.2) is 30.6 Å². The molecular formula is C17H28N2. The van der Waals surface area contributed by atoms with Gasteiger partial charge in [-0.25, -0.2) is 0 Å². The molecule has 0 aromatic heterocycles. The highest BCUT2D eigenvalue weighted by Crippen LogP contribution is 2.21.